The van der Waals surface area contributed by atoms with Gasteiger partial charge in [-0.25, -0.2) is 4.98 Å². The lowest BCUT2D eigenvalue weighted by Gasteiger charge is -2.22. The number of nitrogens with zero attached hydrogens (tertiary/aromatic N) is 2. The lowest BCUT2D eigenvalue weighted by atomic mass is 10.1. The minimum Gasteiger partial charge on any atom is -0.446 e. The average Bonchev–Trinajstić information content (AvgIpc) is 3.01. The van der Waals surface area contributed by atoms with Gasteiger partial charge in [-0.3, -0.25) is 4.79 Å². The van der Waals surface area contributed by atoms with E-state index < -0.39 is 6.04 Å². The van der Waals surface area contributed by atoms with Crippen LogP contribution in [0.4, 0.5) is 5.00 Å². The van der Waals surface area contributed by atoms with E-state index in [0.717, 1.165) is 10.7 Å². The Morgan fingerprint density at radius 2 is 2.50 bits per heavy atom. The van der Waals surface area contributed by atoms with Gasteiger partial charge < -0.3 is 14.6 Å². The van der Waals surface area contributed by atoms with Crippen LogP contribution < -0.4 is 10.2 Å². The first-order chi connectivity index (χ1) is 8.81. The Balaban J connectivity index is 1.99. The minimum atomic E-state index is -0.452. The number of nitrogens with one attached hydrogen (secondary N) is 1. The third-order valence-electron chi connectivity index (χ3n) is 3.08. The molecule has 0 radical (unpaired) electrons. The normalized spacial score (nSPS) is 19.7. The van der Waals surface area contributed by atoms with E-state index in [-0.39, 0.29) is 5.91 Å². The van der Waals surface area contributed by atoms with Crippen LogP contribution in [0.1, 0.15) is 17.5 Å². The van der Waals surface area contributed by atoms with Crippen molar-refractivity contribution in [2.24, 2.45) is 0 Å². The highest BCUT2D eigenvalue weighted by Crippen LogP contribution is 2.29. The van der Waals surface area contributed by atoms with Crippen molar-refractivity contribution >= 4 is 22.2 Å². The first-order valence-corrected chi connectivity index (χ1v) is 6.63. The summed E-state index contributed by atoms with van der Waals surface area (Å²) in [6, 6.07) is 3.45. The highest BCUT2D eigenvalue weighted by molar-refractivity contribution is 7.14. The molecule has 1 aliphatic heterocycles. The van der Waals surface area contributed by atoms with Crippen molar-refractivity contribution in [1.29, 1.82) is 0 Å². The zero-order valence-corrected chi connectivity index (χ0v) is 10.7. The van der Waals surface area contributed by atoms with E-state index >= 15 is 0 Å². The summed E-state index contributed by atoms with van der Waals surface area (Å²) in [6.45, 7) is 0.636. The van der Waals surface area contributed by atoms with Gasteiger partial charge in [-0.2, -0.15) is 0 Å². The second-order valence-corrected chi connectivity index (χ2v) is 5.00. The second kappa shape index (κ2) is 4.55. The second-order valence-electron chi connectivity index (χ2n) is 4.08. The minimum absolute atomic E-state index is 0.00968. The molecule has 2 aromatic rings. The maximum absolute atomic E-state index is 12.5. The van der Waals surface area contributed by atoms with E-state index in [1.165, 1.54) is 6.39 Å². The fourth-order valence-corrected chi connectivity index (χ4v) is 2.96. The number of thiophene rings is 1. The molecule has 0 spiro atoms. The van der Waals surface area contributed by atoms with Gasteiger partial charge in [0.15, 0.2) is 12.2 Å². The first kappa shape index (κ1) is 11.4. The summed E-state index contributed by atoms with van der Waals surface area (Å²) in [5.41, 5.74) is 0.863. The predicted octanol–water partition coefficient (Wildman–Crippen LogP) is 1.59. The van der Waals surface area contributed by atoms with Gasteiger partial charge in [0.25, 0.3) is 5.91 Å². The maximum Gasteiger partial charge on any atom is 0.252 e. The van der Waals surface area contributed by atoms with E-state index in [0.29, 0.717) is 18.7 Å². The zero-order valence-electron chi connectivity index (χ0n) is 9.92. The molecule has 6 heteroatoms. The van der Waals surface area contributed by atoms with Crippen molar-refractivity contribution in [2.45, 2.75) is 12.5 Å². The topological polar surface area (TPSA) is 58.4 Å². The third-order valence-corrected chi connectivity index (χ3v) is 3.97. The molecule has 3 heterocycles. The molecule has 18 heavy (non-hydrogen) atoms. The largest absolute Gasteiger partial charge is 0.446 e. The summed E-state index contributed by atoms with van der Waals surface area (Å²) in [5, 5.41) is 5.94. The monoisotopic (exact) mass is 263 g/mol. The summed E-state index contributed by atoms with van der Waals surface area (Å²) >= 11 is 1.56. The van der Waals surface area contributed by atoms with Crippen molar-refractivity contribution in [3.63, 3.8) is 0 Å². The van der Waals surface area contributed by atoms with E-state index in [1.54, 1.807) is 23.3 Å². The van der Waals surface area contributed by atoms with Crippen molar-refractivity contribution in [2.75, 3.05) is 18.5 Å². The molecule has 0 saturated carbocycles. The van der Waals surface area contributed by atoms with E-state index in [1.807, 2.05) is 17.5 Å². The Hall–Kier alpha value is -1.66. The molecule has 1 unspecified atom stereocenters. The quantitative estimate of drug-likeness (QED) is 0.894. The van der Waals surface area contributed by atoms with Gasteiger partial charge in [0, 0.05) is 13.0 Å². The number of aromatic nitrogens is 1. The Labute approximate surface area is 108 Å². The van der Waals surface area contributed by atoms with E-state index in [2.05, 4.69) is 10.3 Å². The number of likely N-dealkylation sites (N-methyl/N-ethyl adjacent to an activating group) is 1. The fourth-order valence-electron chi connectivity index (χ4n) is 2.19. The summed E-state index contributed by atoms with van der Waals surface area (Å²) < 4.78 is 5.36. The van der Waals surface area contributed by atoms with Crippen LogP contribution in [0, 0.1) is 0 Å². The fraction of sp³-hybridized carbons (Fsp3) is 0.333. The number of anilines is 1. The molecular weight excluding hydrogens is 250 g/mol. The molecule has 1 amide bonds. The maximum atomic E-state index is 12.5. The van der Waals surface area contributed by atoms with Crippen LogP contribution in [0.15, 0.2) is 28.3 Å². The van der Waals surface area contributed by atoms with Crippen molar-refractivity contribution < 1.29 is 9.21 Å². The van der Waals surface area contributed by atoms with Crippen LogP contribution in [0.25, 0.3) is 0 Å². The Morgan fingerprint density at radius 3 is 3.22 bits per heavy atom. The molecule has 94 valence electrons. The molecular formula is C12H13N3O2S. The lowest BCUT2D eigenvalue weighted by Crippen LogP contribution is -2.38. The highest BCUT2D eigenvalue weighted by atomic mass is 32.1. The molecule has 0 aromatic carbocycles. The highest BCUT2D eigenvalue weighted by Gasteiger charge is 2.34. The molecule has 0 bridgehead atoms. The van der Waals surface area contributed by atoms with Crippen LogP contribution in [0.3, 0.4) is 0 Å². The van der Waals surface area contributed by atoms with Crippen LogP contribution in [0.2, 0.25) is 0 Å². The SMILES string of the molecule is CNC1C(=O)N(c2cccs2)CCc2ncoc21. The first-order valence-electron chi connectivity index (χ1n) is 5.75. The van der Waals surface area contributed by atoms with Crippen molar-refractivity contribution in [1.82, 2.24) is 10.3 Å². The van der Waals surface area contributed by atoms with Crippen LogP contribution >= 0.6 is 11.3 Å². The van der Waals surface area contributed by atoms with Crippen molar-refractivity contribution in [3.05, 3.63) is 35.4 Å². The number of carbonyl (C=O) groups is 1. The number of rotatable bonds is 2. The molecule has 2 aromatic heterocycles. The molecule has 0 fully saturated rings. The van der Waals surface area contributed by atoms with Gasteiger partial charge >= 0.3 is 0 Å². The third kappa shape index (κ3) is 1.74. The molecule has 1 N–H and O–H groups in total. The number of hydrogen-bond acceptors (Lipinski definition) is 5. The molecule has 1 aliphatic rings. The Morgan fingerprint density at radius 1 is 1.61 bits per heavy atom. The van der Waals surface area contributed by atoms with Gasteiger partial charge in [-0.05, 0) is 24.6 Å². The van der Waals surface area contributed by atoms with Crippen molar-refractivity contribution in [3.8, 4) is 0 Å². The molecule has 3 rings (SSSR count). The summed E-state index contributed by atoms with van der Waals surface area (Å²) in [7, 11) is 1.76. The summed E-state index contributed by atoms with van der Waals surface area (Å²) in [5.74, 6) is 0.650. The van der Waals surface area contributed by atoms with Crippen LogP contribution in [-0.2, 0) is 11.2 Å². The standard InChI is InChI=1S/C12H13N3O2S/c1-13-10-11-8(14-7-17-11)4-5-15(12(10)16)9-3-2-6-18-9/h2-3,6-7,10,13H,4-5H2,1H3. The van der Waals surface area contributed by atoms with Gasteiger partial charge in [-0.15, -0.1) is 11.3 Å². The summed E-state index contributed by atoms with van der Waals surface area (Å²) in [6.07, 6.45) is 2.12. The Bertz CT molecular complexity index is 549. The molecule has 5 nitrogen and oxygen atoms in total. The number of carbonyl (C=O) groups excluding carboxylic acids is 1. The average molecular weight is 263 g/mol. The van der Waals surface area contributed by atoms with Gasteiger partial charge in [-0.1, -0.05) is 0 Å². The number of hydrogen-bond donors (Lipinski definition) is 1. The van der Waals surface area contributed by atoms with Crippen LogP contribution in [-0.4, -0.2) is 24.5 Å². The lowest BCUT2D eigenvalue weighted by molar-refractivity contribution is -0.120. The van der Waals surface area contributed by atoms with E-state index in [4.69, 9.17) is 4.42 Å². The molecule has 0 saturated heterocycles. The Kier molecular flexibility index (Phi) is 2.89. The number of oxazole rings is 1. The van der Waals surface area contributed by atoms with Gasteiger partial charge in [0.2, 0.25) is 0 Å². The zero-order chi connectivity index (χ0) is 12.5. The number of amides is 1. The molecule has 1 atom stereocenters. The van der Waals surface area contributed by atoms with E-state index in [9.17, 15) is 4.79 Å². The predicted molar refractivity (Wildman–Crippen MR) is 68.7 cm³/mol. The number of fused-ring (bicyclic) bond motifs is 1. The molecule has 0 aliphatic carbocycles. The summed E-state index contributed by atoms with van der Waals surface area (Å²) in [4.78, 5) is 18.5. The van der Waals surface area contributed by atoms with Crippen LogP contribution in [0.5, 0.6) is 0 Å². The van der Waals surface area contributed by atoms with Gasteiger partial charge in [0.1, 0.15) is 6.04 Å². The van der Waals surface area contributed by atoms with Gasteiger partial charge in [0.05, 0.1) is 10.7 Å². The smallest absolute Gasteiger partial charge is 0.252 e.